The van der Waals surface area contributed by atoms with E-state index in [9.17, 15) is 0 Å². The van der Waals surface area contributed by atoms with Gasteiger partial charge in [0, 0.05) is 47.9 Å². The monoisotopic (exact) mass is 394 g/mol. The van der Waals surface area contributed by atoms with Gasteiger partial charge in [-0.25, -0.2) is 0 Å². The molecule has 5 nitrogen and oxygen atoms in total. The number of hydrogen-bond donors (Lipinski definition) is 1. The Morgan fingerprint density at radius 2 is 1.90 bits per heavy atom. The van der Waals surface area contributed by atoms with Gasteiger partial charge in [-0.1, -0.05) is 48.5 Å². The summed E-state index contributed by atoms with van der Waals surface area (Å²) in [5.41, 5.74) is 4.37. The lowest BCUT2D eigenvalue weighted by Crippen LogP contribution is -2.44. The Morgan fingerprint density at radius 1 is 1.03 bits per heavy atom. The fourth-order valence-corrected chi connectivity index (χ4v) is 4.53. The summed E-state index contributed by atoms with van der Waals surface area (Å²) in [6.45, 7) is 5.64. The molecule has 0 unspecified atom stereocenters. The van der Waals surface area contributed by atoms with Crippen molar-refractivity contribution in [1.29, 1.82) is 0 Å². The first-order valence-electron chi connectivity index (χ1n) is 10.4. The van der Waals surface area contributed by atoms with Crippen molar-refractivity contribution >= 4 is 21.7 Å². The highest BCUT2D eigenvalue weighted by atomic mass is 16.5. The van der Waals surface area contributed by atoms with Crippen LogP contribution in [0.25, 0.3) is 44.5 Å². The zero-order valence-corrected chi connectivity index (χ0v) is 16.8. The molecule has 2 aromatic heterocycles. The van der Waals surface area contributed by atoms with Crippen LogP contribution in [-0.2, 0) is 6.54 Å². The van der Waals surface area contributed by atoms with Gasteiger partial charge in [-0.15, -0.1) is 0 Å². The summed E-state index contributed by atoms with van der Waals surface area (Å²) in [7, 11) is 0. The number of benzene rings is 3. The van der Waals surface area contributed by atoms with Crippen LogP contribution < -0.4 is 0 Å². The van der Waals surface area contributed by atoms with E-state index in [0.29, 0.717) is 11.7 Å². The van der Waals surface area contributed by atoms with Gasteiger partial charge in [-0.2, -0.15) is 4.98 Å². The zero-order valence-electron chi connectivity index (χ0n) is 16.8. The number of H-pyrrole nitrogens is 1. The van der Waals surface area contributed by atoms with Crippen molar-refractivity contribution in [3.63, 3.8) is 0 Å². The maximum atomic E-state index is 5.63. The van der Waals surface area contributed by atoms with Gasteiger partial charge in [0.25, 0.3) is 5.89 Å². The SMILES string of the molecule is CC1CN(Cc2ccc(-c3noc(-c4ccc5[nH]ccc5c4)n3)c3ccccc23)C1. The van der Waals surface area contributed by atoms with E-state index in [0.717, 1.165) is 39.9 Å². The van der Waals surface area contributed by atoms with Crippen LogP contribution in [0.5, 0.6) is 0 Å². The van der Waals surface area contributed by atoms with E-state index in [2.05, 4.69) is 64.4 Å². The molecule has 5 aromatic rings. The molecular formula is C25H22N4O. The van der Waals surface area contributed by atoms with Gasteiger partial charge in [0.05, 0.1) is 0 Å². The lowest BCUT2D eigenvalue weighted by Gasteiger charge is -2.37. The zero-order chi connectivity index (χ0) is 20.1. The highest BCUT2D eigenvalue weighted by Gasteiger charge is 2.23. The molecule has 0 bridgehead atoms. The van der Waals surface area contributed by atoms with Crippen LogP contribution in [0, 0.1) is 5.92 Å². The fourth-order valence-electron chi connectivity index (χ4n) is 4.53. The predicted molar refractivity (Wildman–Crippen MR) is 119 cm³/mol. The molecule has 1 aliphatic heterocycles. The number of nitrogens with zero attached hydrogens (tertiary/aromatic N) is 3. The molecule has 0 spiro atoms. The van der Waals surface area contributed by atoms with Crippen molar-refractivity contribution in [3.8, 4) is 22.8 Å². The van der Waals surface area contributed by atoms with E-state index in [-0.39, 0.29) is 0 Å². The molecule has 1 saturated heterocycles. The number of fused-ring (bicyclic) bond motifs is 2. The third-order valence-corrected chi connectivity index (χ3v) is 6.02. The summed E-state index contributed by atoms with van der Waals surface area (Å²) in [5, 5.41) is 7.85. The van der Waals surface area contributed by atoms with Crippen LogP contribution in [0.4, 0.5) is 0 Å². The van der Waals surface area contributed by atoms with Gasteiger partial charge in [-0.3, -0.25) is 4.90 Å². The lowest BCUT2D eigenvalue weighted by molar-refractivity contribution is 0.105. The molecule has 0 atom stereocenters. The molecule has 3 aromatic carbocycles. The average Bonchev–Trinajstić information content (AvgIpc) is 3.42. The summed E-state index contributed by atoms with van der Waals surface area (Å²) in [4.78, 5) is 10.4. The van der Waals surface area contributed by atoms with Crippen LogP contribution in [0.2, 0.25) is 0 Å². The summed E-state index contributed by atoms with van der Waals surface area (Å²) >= 11 is 0. The Kier molecular flexibility index (Phi) is 3.96. The molecule has 3 heterocycles. The number of aromatic amines is 1. The van der Waals surface area contributed by atoms with Gasteiger partial charge >= 0.3 is 0 Å². The first kappa shape index (κ1) is 17.4. The summed E-state index contributed by atoms with van der Waals surface area (Å²) in [5.74, 6) is 1.97. The second kappa shape index (κ2) is 6.82. The first-order chi connectivity index (χ1) is 14.7. The number of hydrogen-bond acceptors (Lipinski definition) is 4. The standard InChI is InChI=1S/C25H22N4O/c1-16-13-29(14-16)15-19-6-8-22(21-5-3-2-4-20(19)21)24-27-25(30-28-24)18-7-9-23-17(12-18)10-11-26-23/h2-12,16,26H,13-15H2,1H3. The molecule has 30 heavy (non-hydrogen) atoms. The van der Waals surface area contributed by atoms with Crippen molar-refractivity contribution in [2.45, 2.75) is 13.5 Å². The van der Waals surface area contributed by atoms with Crippen LogP contribution in [-0.4, -0.2) is 33.1 Å². The topological polar surface area (TPSA) is 58.0 Å². The van der Waals surface area contributed by atoms with Gasteiger partial charge in [0.1, 0.15) is 0 Å². The number of likely N-dealkylation sites (tertiary alicyclic amines) is 1. The Hall–Kier alpha value is -3.44. The largest absolute Gasteiger partial charge is 0.361 e. The maximum Gasteiger partial charge on any atom is 0.258 e. The highest BCUT2D eigenvalue weighted by Crippen LogP contribution is 2.32. The van der Waals surface area contributed by atoms with Crippen molar-refractivity contribution < 1.29 is 4.52 Å². The second-order valence-corrected chi connectivity index (χ2v) is 8.32. The summed E-state index contributed by atoms with van der Waals surface area (Å²) in [6.07, 6.45) is 1.93. The van der Waals surface area contributed by atoms with E-state index in [4.69, 9.17) is 9.51 Å². The maximum absolute atomic E-state index is 5.63. The Morgan fingerprint density at radius 3 is 2.77 bits per heavy atom. The van der Waals surface area contributed by atoms with Crippen molar-refractivity contribution in [1.82, 2.24) is 20.0 Å². The van der Waals surface area contributed by atoms with E-state index in [1.165, 1.54) is 24.0 Å². The Bertz CT molecular complexity index is 1360. The molecule has 0 amide bonds. The fraction of sp³-hybridized carbons (Fsp3) is 0.200. The van der Waals surface area contributed by atoms with Crippen molar-refractivity contribution in [2.24, 2.45) is 5.92 Å². The van der Waals surface area contributed by atoms with Gasteiger partial charge in [0.2, 0.25) is 5.82 Å². The molecular weight excluding hydrogens is 372 g/mol. The molecule has 5 heteroatoms. The molecule has 148 valence electrons. The van der Waals surface area contributed by atoms with Crippen LogP contribution in [0.1, 0.15) is 12.5 Å². The smallest absolute Gasteiger partial charge is 0.258 e. The molecule has 6 rings (SSSR count). The third kappa shape index (κ3) is 2.90. The normalized spacial score (nSPS) is 15.1. The van der Waals surface area contributed by atoms with Crippen molar-refractivity contribution in [2.75, 3.05) is 13.1 Å². The molecule has 0 radical (unpaired) electrons. The molecule has 1 fully saturated rings. The summed E-state index contributed by atoms with van der Waals surface area (Å²) in [6, 6.07) is 21.0. The molecule has 1 N–H and O–H groups in total. The number of aromatic nitrogens is 3. The minimum atomic E-state index is 0.538. The van der Waals surface area contributed by atoms with Crippen molar-refractivity contribution in [3.05, 3.63) is 72.4 Å². The third-order valence-electron chi connectivity index (χ3n) is 6.02. The average molecular weight is 394 g/mol. The van der Waals surface area contributed by atoms with Gasteiger partial charge in [-0.05, 0) is 46.5 Å². The van der Waals surface area contributed by atoms with E-state index < -0.39 is 0 Å². The van der Waals surface area contributed by atoms with Gasteiger partial charge < -0.3 is 9.51 Å². The quantitative estimate of drug-likeness (QED) is 0.438. The number of rotatable bonds is 4. The van der Waals surface area contributed by atoms with Gasteiger partial charge in [0.15, 0.2) is 0 Å². The van der Waals surface area contributed by atoms with Crippen LogP contribution in [0.3, 0.4) is 0 Å². The van der Waals surface area contributed by atoms with E-state index in [1.807, 2.05) is 24.4 Å². The Labute approximate surface area is 174 Å². The minimum Gasteiger partial charge on any atom is -0.361 e. The lowest BCUT2D eigenvalue weighted by atomic mass is 9.96. The van der Waals surface area contributed by atoms with Crippen LogP contribution >= 0.6 is 0 Å². The number of nitrogens with one attached hydrogen (secondary N) is 1. The summed E-state index contributed by atoms with van der Waals surface area (Å²) < 4.78 is 5.63. The second-order valence-electron chi connectivity index (χ2n) is 8.32. The van der Waals surface area contributed by atoms with E-state index in [1.54, 1.807) is 0 Å². The van der Waals surface area contributed by atoms with Crippen LogP contribution in [0.15, 0.2) is 71.4 Å². The molecule has 0 saturated carbocycles. The highest BCUT2D eigenvalue weighted by molar-refractivity contribution is 5.97. The minimum absolute atomic E-state index is 0.538. The first-order valence-corrected chi connectivity index (χ1v) is 10.4. The molecule has 0 aliphatic carbocycles. The van der Waals surface area contributed by atoms with E-state index >= 15 is 0 Å². The Balaban J connectivity index is 1.38. The molecule has 1 aliphatic rings. The predicted octanol–water partition coefficient (Wildman–Crippen LogP) is 5.49.